The lowest BCUT2D eigenvalue weighted by Gasteiger charge is -2.47. The number of aromatic nitrogens is 1. The number of rotatable bonds is 8. The van der Waals surface area contributed by atoms with Crippen LogP contribution >= 0.6 is 0 Å². The van der Waals surface area contributed by atoms with Gasteiger partial charge in [-0.05, 0) is 35.7 Å². The normalized spacial score (nSPS) is 20.7. The third kappa shape index (κ3) is 3.91. The van der Waals surface area contributed by atoms with Crippen LogP contribution in [-0.4, -0.2) is 52.5 Å². The Labute approximate surface area is 211 Å². The molecule has 7 nitrogen and oxygen atoms in total. The number of fused-ring (bicyclic) bond motifs is 5. The van der Waals surface area contributed by atoms with Crippen molar-refractivity contribution in [3.8, 4) is 11.5 Å². The highest BCUT2D eigenvalue weighted by atomic mass is 16.7. The summed E-state index contributed by atoms with van der Waals surface area (Å²) in [7, 11) is 0. The number of amides is 2. The second kappa shape index (κ2) is 9.52. The van der Waals surface area contributed by atoms with Gasteiger partial charge in [0.1, 0.15) is 6.04 Å². The topological polar surface area (TPSA) is 74.9 Å². The first-order valence-corrected chi connectivity index (χ1v) is 13.2. The van der Waals surface area contributed by atoms with E-state index in [9.17, 15) is 9.59 Å². The summed E-state index contributed by atoms with van der Waals surface area (Å²) < 4.78 is 11.2. The summed E-state index contributed by atoms with van der Waals surface area (Å²) in [6, 6.07) is 13.1. The second-order valence-corrected chi connectivity index (χ2v) is 10.1. The third-order valence-corrected chi connectivity index (χ3v) is 7.84. The Hall–Kier alpha value is -3.48. The van der Waals surface area contributed by atoms with Gasteiger partial charge in [-0.1, -0.05) is 63.3 Å². The van der Waals surface area contributed by atoms with E-state index in [1.807, 2.05) is 35.2 Å². The highest BCUT2D eigenvalue weighted by Gasteiger charge is 2.48. The number of benzene rings is 2. The quantitative estimate of drug-likeness (QED) is 0.457. The molecule has 1 saturated heterocycles. The smallest absolute Gasteiger partial charge is 0.246 e. The van der Waals surface area contributed by atoms with Crippen LogP contribution in [0.25, 0.3) is 10.9 Å². The Morgan fingerprint density at radius 2 is 1.78 bits per heavy atom. The predicted octanol–water partition coefficient (Wildman–Crippen LogP) is 4.94. The molecule has 2 aromatic carbocycles. The van der Waals surface area contributed by atoms with E-state index in [4.69, 9.17) is 9.47 Å². The van der Waals surface area contributed by atoms with Crippen molar-refractivity contribution in [2.45, 2.75) is 64.0 Å². The van der Waals surface area contributed by atoms with E-state index in [1.54, 1.807) is 4.90 Å². The minimum absolute atomic E-state index is 0.00226. The molecule has 188 valence electrons. The molecule has 3 aromatic rings. The Morgan fingerprint density at radius 1 is 0.972 bits per heavy atom. The van der Waals surface area contributed by atoms with Gasteiger partial charge in [-0.2, -0.15) is 0 Å². The largest absolute Gasteiger partial charge is 0.454 e. The van der Waals surface area contributed by atoms with E-state index < -0.39 is 6.04 Å². The van der Waals surface area contributed by atoms with E-state index >= 15 is 0 Å². The number of carbonyl (C=O) groups is 2. The van der Waals surface area contributed by atoms with E-state index in [0.717, 1.165) is 40.6 Å². The van der Waals surface area contributed by atoms with Crippen LogP contribution in [-0.2, 0) is 16.0 Å². The zero-order chi connectivity index (χ0) is 24.6. The van der Waals surface area contributed by atoms with Crippen molar-refractivity contribution in [1.82, 2.24) is 14.8 Å². The lowest BCUT2D eigenvalue weighted by molar-refractivity contribution is -0.158. The molecule has 1 N–H and O–H groups in total. The molecular weight excluding hydrogens is 454 g/mol. The first kappa shape index (κ1) is 23.0. The van der Waals surface area contributed by atoms with Crippen LogP contribution in [0.15, 0.2) is 42.5 Å². The maximum absolute atomic E-state index is 13.8. The fraction of sp³-hybridized carbons (Fsp3) is 0.448. The molecule has 0 radical (unpaired) electrons. The number of unbranched alkanes of at least 4 members (excludes halogenated alkanes) is 5. The molecule has 0 unspecified atom stereocenters. The summed E-state index contributed by atoms with van der Waals surface area (Å²) in [6.45, 7) is 3.19. The number of aromatic amines is 1. The van der Waals surface area contributed by atoms with Crippen molar-refractivity contribution in [2.24, 2.45) is 0 Å². The van der Waals surface area contributed by atoms with E-state index in [0.29, 0.717) is 24.5 Å². The number of para-hydroxylation sites is 1. The number of piperazine rings is 1. The van der Waals surface area contributed by atoms with Crippen LogP contribution in [0.1, 0.15) is 68.3 Å². The molecule has 2 amide bonds. The monoisotopic (exact) mass is 487 g/mol. The lowest BCUT2D eigenvalue weighted by Crippen LogP contribution is -2.63. The number of H-pyrrole nitrogens is 1. The summed E-state index contributed by atoms with van der Waals surface area (Å²) in [5, 5.41) is 1.12. The molecule has 4 heterocycles. The van der Waals surface area contributed by atoms with Crippen LogP contribution in [0.4, 0.5) is 0 Å². The minimum atomic E-state index is -0.506. The number of hydrogen-bond acceptors (Lipinski definition) is 4. The van der Waals surface area contributed by atoms with Gasteiger partial charge >= 0.3 is 0 Å². The second-order valence-electron chi connectivity index (χ2n) is 10.1. The zero-order valence-corrected chi connectivity index (χ0v) is 20.8. The van der Waals surface area contributed by atoms with Crippen molar-refractivity contribution >= 4 is 22.7 Å². The first-order chi connectivity index (χ1) is 17.7. The van der Waals surface area contributed by atoms with Gasteiger partial charge in [-0.15, -0.1) is 0 Å². The van der Waals surface area contributed by atoms with E-state index in [-0.39, 0.29) is 31.2 Å². The van der Waals surface area contributed by atoms with Crippen LogP contribution in [0.5, 0.6) is 11.5 Å². The molecular formula is C29H33N3O4. The van der Waals surface area contributed by atoms with Crippen molar-refractivity contribution < 1.29 is 19.1 Å². The number of ether oxygens (including phenoxy) is 2. The number of nitrogens with one attached hydrogen (secondary N) is 1. The number of carbonyl (C=O) groups excluding carboxylic acids is 2. The third-order valence-electron chi connectivity index (χ3n) is 7.84. The fourth-order valence-electron chi connectivity index (χ4n) is 6.03. The van der Waals surface area contributed by atoms with Crippen LogP contribution in [0, 0.1) is 0 Å². The Bertz CT molecular complexity index is 1300. The Balaban J connectivity index is 1.33. The molecule has 3 aliphatic rings. The molecule has 2 atom stereocenters. The van der Waals surface area contributed by atoms with Gasteiger partial charge in [0.15, 0.2) is 11.5 Å². The van der Waals surface area contributed by atoms with Crippen LogP contribution in [0.2, 0.25) is 0 Å². The van der Waals surface area contributed by atoms with Gasteiger partial charge in [0.05, 0.1) is 12.6 Å². The van der Waals surface area contributed by atoms with Crippen molar-refractivity contribution in [2.75, 3.05) is 19.9 Å². The SMILES string of the molecule is CCCCCCCCN1CC(=O)N2[C@H](c3ccc4c(c3)OCO4)c3[nH]c4ccccc4c3C[C@H]2C1=O. The Kier molecular flexibility index (Phi) is 6.07. The number of hydrogen-bond donors (Lipinski definition) is 1. The maximum atomic E-state index is 13.8. The molecule has 0 aliphatic carbocycles. The first-order valence-electron chi connectivity index (χ1n) is 13.2. The average molecular weight is 488 g/mol. The van der Waals surface area contributed by atoms with Gasteiger partial charge < -0.3 is 24.3 Å². The molecule has 0 saturated carbocycles. The van der Waals surface area contributed by atoms with Crippen LogP contribution in [0.3, 0.4) is 0 Å². The molecule has 0 bridgehead atoms. The van der Waals surface area contributed by atoms with Crippen molar-refractivity contribution in [1.29, 1.82) is 0 Å². The highest BCUT2D eigenvalue weighted by molar-refractivity contribution is 5.97. The fourth-order valence-corrected chi connectivity index (χ4v) is 6.03. The van der Waals surface area contributed by atoms with Crippen molar-refractivity contribution in [3.63, 3.8) is 0 Å². The maximum Gasteiger partial charge on any atom is 0.246 e. The lowest BCUT2D eigenvalue weighted by atomic mass is 9.86. The summed E-state index contributed by atoms with van der Waals surface area (Å²) in [5.74, 6) is 1.43. The molecule has 36 heavy (non-hydrogen) atoms. The standard InChI is InChI=1S/C29H33N3O4/c1-2-3-4-5-6-9-14-31-17-26(33)32-23(29(31)34)16-21-20-10-7-8-11-22(20)30-27(21)28(32)19-12-13-24-25(15-19)36-18-35-24/h7-8,10-13,15,23,28,30H,2-6,9,14,16-18H2,1H3/t23-,28+/m0/s1. The summed E-state index contributed by atoms with van der Waals surface area (Å²) in [5.41, 5.74) is 4.05. The molecule has 1 aromatic heterocycles. The minimum Gasteiger partial charge on any atom is -0.454 e. The summed E-state index contributed by atoms with van der Waals surface area (Å²) in [4.78, 5) is 34.6. The predicted molar refractivity (Wildman–Crippen MR) is 137 cm³/mol. The molecule has 3 aliphatic heterocycles. The van der Waals surface area contributed by atoms with Gasteiger partial charge in [0, 0.05) is 29.6 Å². The molecule has 0 spiro atoms. The van der Waals surface area contributed by atoms with Gasteiger partial charge in [0.2, 0.25) is 18.6 Å². The van der Waals surface area contributed by atoms with E-state index in [2.05, 4.69) is 24.0 Å². The van der Waals surface area contributed by atoms with Gasteiger partial charge in [-0.3, -0.25) is 9.59 Å². The molecule has 6 rings (SSSR count). The van der Waals surface area contributed by atoms with Gasteiger partial charge in [-0.25, -0.2) is 0 Å². The highest BCUT2D eigenvalue weighted by Crippen LogP contribution is 2.44. The van der Waals surface area contributed by atoms with Crippen molar-refractivity contribution in [3.05, 3.63) is 59.3 Å². The zero-order valence-electron chi connectivity index (χ0n) is 20.8. The average Bonchev–Trinajstić information content (AvgIpc) is 3.51. The summed E-state index contributed by atoms with van der Waals surface area (Å²) in [6.07, 6.45) is 7.46. The molecule has 7 heteroatoms. The number of nitrogens with zero attached hydrogens (tertiary/aromatic N) is 2. The van der Waals surface area contributed by atoms with E-state index in [1.165, 1.54) is 25.7 Å². The van der Waals surface area contributed by atoms with Gasteiger partial charge in [0.25, 0.3) is 0 Å². The Morgan fingerprint density at radius 3 is 2.67 bits per heavy atom. The van der Waals surface area contributed by atoms with Crippen LogP contribution < -0.4 is 9.47 Å². The molecule has 1 fully saturated rings. The summed E-state index contributed by atoms with van der Waals surface area (Å²) >= 11 is 0.